The van der Waals surface area contributed by atoms with E-state index in [1.165, 1.54) is 28.0 Å². The topological polar surface area (TPSA) is 105 Å². The van der Waals surface area contributed by atoms with E-state index in [0.29, 0.717) is 19.4 Å². The molecule has 7 nitrogen and oxygen atoms in total. The number of hydrogen-bond acceptors (Lipinski definition) is 6. The Morgan fingerprint density at radius 2 is 2.33 bits per heavy atom. The number of aryl methyl sites for hydroxylation is 1. The molecule has 114 valence electrons. The van der Waals surface area contributed by atoms with Crippen molar-refractivity contribution in [1.29, 1.82) is 0 Å². The van der Waals surface area contributed by atoms with Crippen molar-refractivity contribution in [2.45, 2.75) is 30.1 Å². The van der Waals surface area contributed by atoms with Crippen LogP contribution in [0.15, 0.2) is 9.72 Å². The number of imide groups is 1. The van der Waals surface area contributed by atoms with Gasteiger partial charge in [-0.15, -0.1) is 11.3 Å². The highest BCUT2D eigenvalue weighted by Crippen LogP contribution is 2.22. The van der Waals surface area contributed by atoms with Crippen LogP contribution in [0.2, 0.25) is 0 Å². The number of nitrogens with zero attached hydrogens (tertiary/aromatic N) is 2. The van der Waals surface area contributed by atoms with Gasteiger partial charge in [0, 0.05) is 17.6 Å². The Bertz CT molecular complexity index is 560. The molecule has 0 aliphatic carbocycles. The number of carbonyl (C=O) groups excluding carboxylic acids is 3. The minimum atomic E-state index is -0.618. The van der Waals surface area contributed by atoms with E-state index in [1.807, 2.05) is 12.3 Å². The molecule has 1 aromatic rings. The number of primary amides is 1. The zero-order valence-electron chi connectivity index (χ0n) is 11.5. The van der Waals surface area contributed by atoms with Crippen molar-refractivity contribution >= 4 is 40.9 Å². The van der Waals surface area contributed by atoms with Gasteiger partial charge in [-0.2, -0.15) is 0 Å². The molecule has 1 aliphatic rings. The lowest BCUT2D eigenvalue weighted by Gasteiger charge is -2.21. The second-order valence-corrected chi connectivity index (χ2v) is 6.73. The van der Waals surface area contributed by atoms with E-state index >= 15 is 0 Å². The zero-order valence-corrected chi connectivity index (χ0v) is 13.1. The van der Waals surface area contributed by atoms with Crippen LogP contribution < -0.4 is 11.1 Å². The fourth-order valence-corrected chi connectivity index (χ4v) is 3.71. The highest BCUT2D eigenvalue weighted by Gasteiger charge is 2.33. The molecule has 0 aromatic carbocycles. The van der Waals surface area contributed by atoms with Gasteiger partial charge in [0.05, 0.1) is 5.75 Å². The van der Waals surface area contributed by atoms with Crippen molar-refractivity contribution in [3.8, 4) is 0 Å². The molecule has 1 aromatic heterocycles. The summed E-state index contributed by atoms with van der Waals surface area (Å²) in [6.45, 7) is 2.31. The number of aromatic nitrogens is 1. The minimum absolute atomic E-state index is 0.105. The first-order valence-corrected chi connectivity index (χ1v) is 8.28. The maximum Gasteiger partial charge on any atom is 0.324 e. The number of likely N-dealkylation sites (tertiary alicyclic amines) is 1. The third-order valence-electron chi connectivity index (χ3n) is 3.01. The zero-order chi connectivity index (χ0) is 15.4. The third kappa shape index (κ3) is 4.18. The summed E-state index contributed by atoms with van der Waals surface area (Å²) in [5.74, 6) is -0.843. The third-order valence-corrected chi connectivity index (χ3v) is 5.15. The maximum absolute atomic E-state index is 11.9. The van der Waals surface area contributed by atoms with E-state index in [0.717, 1.165) is 10.0 Å². The number of hydrogen-bond donors (Lipinski definition) is 2. The van der Waals surface area contributed by atoms with Crippen LogP contribution in [0, 0.1) is 6.92 Å². The van der Waals surface area contributed by atoms with E-state index in [4.69, 9.17) is 5.73 Å². The van der Waals surface area contributed by atoms with E-state index in [-0.39, 0.29) is 5.75 Å². The van der Waals surface area contributed by atoms with E-state index in [2.05, 4.69) is 10.3 Å². The van der Waals surface area contributed by atoms with Gasteiger partial charge >= 0.3 is 6.03 Å². The molecule has 2 heterocycles. The van der Waals surface area contributed by atoms with Crippen molar-refractivity contribution in [3.05, 3.63) is 11.1 Å². The van der Waals surface area contributed by atoms with Crippen molar-refractivity contribution < 1.29 is 14.4 Å². The number of carbonyl (C=O) groups is 3. The van der Waals surface area contributed by atoms with Crippen LogP contribution >= 0.6 is 23.1 Å². The summed E-state index contributed by atoms with van der Waals surface area (Å²) in [6, 6.07) is -1.18. The molecular formula is C12H16N4O3S2. The first kappa shape index (κ1) is 15.8. The van der Waals surface area contributed by atoms with Gasteiger partial charge in [0.25, 0.3) is 0 Å². The van der Waals surface area contributed by atoms with Gasteiger partial charge in [0.2, 0.25) is 11.8 Å². The van der Waals surface area contributed by atoms with Gasteiger partial charge in [-0.3, -0.25) is 14.9 Å². The molecule has 0 bridgehead atoms. The Morgan fingerprint density at radius 1 is 1.57 bits per heavy atom. The SMILES string of the molecule is Cc1csc(SCC(=O)NC(=O)N2CCCC2C(N)=O)n1. The second-order valence-electron chi connectivity index (χ2n) is 4.65. The van der Waals surface area contributed by atoms with E-state index in [1.54, 1.807) is 0 Å². The second kappa shape index (κ2) is 6.90. The Morgan fingerprint density at radius 3 is 2.95 bits per heavy atom. The van der Waals surface area contributed by atoms with Gasteiger partial charge in [-0.05, 0) is 19.8 Å². The lowest BCUT2D eigenvalue weighted by atomic mass is 10.2. The van der Waals surface area contributed by atoms with Crippen molar-refractivity contribution in [1.82, 2.24) is 15.2 Å². The Labute approximate surface area is 130 Å². The number of rotatable bonds is 4. The molecule has 1 saturated heterocycles. The summed E-state index contributed by atoms with van der Waals surface area (Å²) in [5.41, 5.74) is 6.14. The standard InChI is InChI=1S/C12H16N4O3S2/c1-7-5-20-12(14-7)21-6-9(17)15-11(19)16-4-2-3-8(16)10(13)18/h5,8H,2-4,6H2,1H3,(H2,13,18)(H,15,17,19). The maximum atomic E-state index is 11.9. The fraction of sp³-hybridized carbons (Fsp3) is 0.500. The molecule has 1 fully saturated rings. The average Bonchev–Trinajstić information content (AvgIpc) is 3.04. The van der Waals surface area contributed by atoms with Crippen LogP contribution in [-0.4, -0.2) is 46.1 Å². The monoisotopic (exact) mass is 328 g/mol. The number of amides is 4. The quantitative estimate of drug-likeness (QED) is 0.793. The van der Waals surface area contributed by atoms with Gasteiger partial charge in [-0.25, -0.2) is 9.78 Å². The van der Waals surface area contributed by atoms with E-state index in [9.17, 15) is 14.4 Å². The molecule has 1 unspecified atom stereocenters. The summed E-state index contributed by atoms with van der Waals surface area (Å²) < 4.78 is 0.784. The summed E-state index contributed by atoms with van der Waals surface area (Å²) >= 11 is 2.73. The first-order valence-electron chi connectivity index (χ1n) is 6.42. The molecule has 0 radical (unpaired) electrons. The molecule has 1 aliphatic heterocycles. The fourth-order valence-electron chi connectivity index (χ4n) is 2.06. The molecular weight excluding hydrogens is 312 g/mol. The minimum Gasteiger partial charge on any atom is -0.368 e. The average molecular weight is 328 g/mol. The summed E-state index contributed by atoms with van der Waals surface area (Å²) in [6.07, 6.45) is 1.26. The Balaban J connectivity index is 1.82. The normalized spacial score (nSPS) is 17.8. The van der Waals surface area contributed by atoms with Crippen LogP contribution in [-0.2, 0) is 9.59 Å². The smallest absolute Gasteiger partial charge is 0.324 e. The molecule has 9 heteroatoms. The van der Waals surface area contributed by atoms with Crippen molar-refractivity contribution in [2.75, 3.05) is 12.3 Å². The number of nitrogens with one attached hydrogen (secondary N) is 1. The van der Waals surface area contributed by atoms with Crippen molar-refractivity contribution in [2.24, 2.45) is 5.73 Å². The molecule has 0 spiro atoms. The highest BCUT2D eigenvalue weighted by molar-refractivity contribution is 8.01. The first-order chi connectivity index (χ1) is 9.97. The van der Waals surface area contributed by atoms with Crippen LogP contribution in [0.1, 0.15) is 18.5 Å². The van der Waals surface area contributed by atoms with Gasteiger partial charge in [0.15, 0.2) is 4.34 Å². The molecule has 3 N–H and O–H groups in total. The number of nitrogens with two attached hydrogens (primary N) is 1. The predicted octanol–water partition coefficient (Wildman–Crippen LogP) is 0.730. The number of thioether (sulfide) groups is 1. The predicted molar refractivity (Wildman–Crippen MR) is 80.0 cm³/mol. The van der Waals surface area contributed by atoms with Crippen molar-refractivity contribution in [3.63, 3.8) is 0 Å². The molecule has 21 heavy (non-hydrogen) atoms. The number of thiazole rings is 1. The molecule has 2 rings (SSSR count). The highest BCUT2D eigenvalue weighted by atomic mass is 32.2. The number of urea groups is 1. The lowest BCUT2D eigenvalue weighted by molar-refractivity contribution is -0.122. The van der Waals surface area contributed by atoms with Gasteiger partial charge in [-0.1, -0.05) is 11.8 Å². The van der Waals surface area contributed by atoms with Crippen LogP contribution in [0.5, 0.6) is 0 Å². The Hall–Kier alpha value is -1.61. The van der Waals surface area contributed by atoms with Gasteiger partial charge in [0.1, 0.15) is 6.04 Å². The van der Waals surface area contributed by atoms with E-state index < -0.39 is 23.9 Å². The molecule has 0 saturated carbocycles. The van der Waals surface area contributed by atoms with Crippen LogP contribution in [0.4, 0.5) is 4.79 Å². The van der Waals surface area contributed by atoms with Gasteiger partial charge < -0.3 is 10.6 Å². The summed E-state index contributed by atoms with van der Waals surface area (Å²) in [7, 11) is 0. The summed E-state index contributed by atoms with van der Waals surface area (Å²) in [5, 5.41) is 4.18. The Kier molecular flexibility index (Phi) is 5.18. The lowest BCUT2D eigenvalue weighted by Crippen LogP contribution is -2.49. The summed E-state index contributed by atoms with van der Waals surface area (Å²) in [4.78, 5) is 40.5. The van der Waals surface area contributed by atoms with Crippen LogP contribution in [0.25, 0.3) is 0 Å². The molecule has 1 atom stereocenters. The largest absolute Gasteiger partial charge is 0.368 e. The molecule has 4 amide bonds. The van der Waals surface area contributed by atoms with Crippen LogP contribution in [0.3, 0.4) is 0 Å².